The first-order chi connectivity index (χ1) is 13.5. The number of nitrogens with one attached hydrogen (secondary N) is 1. The number of hydrogen-bond acceptors (Lipinski definition) is 5. The molecule has 0 spiro atoms. The van der Waals surface area contributed by atoms with Gasteiger partial charge in [-0.05, 0) is 24.6 Å². The first-order valence-electron chi connectivity index (χ1n) is 9.05. The molecule has 1 saturated heterocycles. The highest BCUT2D eigenvalue weighted by molar-refractivity contribution is 6.32. The summed E-state index contributed by atoms with van der Waals surface area (Å²) in [7, 11) is 0. The fourth-order valence-corrected chi connectivity index (χ4v) is 3.10. The largest absolute Gasteiger partial charge is 0.492 e. The van der Waals surface area contributed by atoms with E-state index in [-0.39, 0.29) is 23.1 Å². The second-order valence-electron chi connectivity index (χ2n) is 6.36. The smallest absolute Gasteiger partial charge is 0.274 e. The number of nitrogens with zero attached hydrogens (tertiary/aromatic N) is 3. The van der Waals surface area contributed by atoms with Gasteiger partial charge in [0.25, 0.3) is 11.5 Å². The van der Waals surface area contributed by atoms with Crippen LogP contribution >= 0.6 is 11.6 Å². The van der Waals surface area contributed by atoms with E-state index in [2.05, 4.69) is 10.2 Å². The summed E-state index contributed by atoms with van der Waals surface area (Å²) in [5.74, 6) is 0.396. The van der Waals surface area contributed by atoms with Gasteiger partial charge in [0.2, 0.25) is 5.91 Å². The van der Waals surface area contributed by atoms with Crippen molar-refractivity contribution < 1.29 is 14.3 Å². The lowest BCUT2D eigenvalue weighted by atomic mass is 10.2. The number of halogens is 1. The van der Waals surface area contributed by atoms with Crippen LogP contribution in [-0.4, -0.2) is 64.6 Å². The highest BCUT2D eigenvalue weighted by Crippen LogP contribution is 2.23. The lowest BCUT2D eigenvalue weighted by molar-refractivity contribution is -0.132. The maximum atomic E-state index is 12.4. The quantitative estimate of drug-likeness (QED) is 0.737. The maximum absolute atomic E-state index is 12.4. The Bertz CT molecular complexity index is 873. The number of aromatic nitrogens is 2. The van der Waals surface area contributed by atoms with Crippen LogP contribution in [0.1, 0.15) is 23.3 Å². The normalized spacial score (nSPS) is 14.0. The lowest BCUT2D eigenvalue weighted by Crippen LogP contribution is -2.50. The molecule has 2 amide bonds. The van der Waals surface area contributed by atoms with Crippen molar-refractivity contribution in [2.24, 2.45) is 0 Å². The summed E-state index contributed by atoms with van der Waals surface area (Å²) in [6.45, 7) is 2.22. The molecule has 0 atom stereocenters. The molecule has 8 nitrogen and oxygen atoms in total. The van der Waals surface area contributed by atoms with E-state index in [4.69, 9.17) is 16.3 Å². The Morgan fingerprint density at radius 3 is 2.46 bits per heavy atom. The van der Waals surface area contributed by atoms with Crippen LogP contribution < -0.4 is 10.3 Å². The average molecular weight is 405 g/mol. The summed E-state index contributed by atoms with van der Waals surface area (Å²) in [6.07, 6.45) is 0.963. The van der Waals surface area contributed by atoms with E-state index >= 15 is 0 Å². The molecule has 148 valence electrons. The van der Waals surface area contributed by atoms with Crippen LogP contribution in [0.2, 0.25) is 5.02 Å². The molecule has 3 rings (SSSR count). The molecule has 9 heteroatoms. The molecule has 2 aromatic rings. The predicted molar refractivity (Wildman–Crippen MR) is 104 cm³/mol. The Labute approximate surface area is 167 Å². The first kappa shape index (κ1) is 19.9. The second kappa shape index (κ2) is 9.36. The van der Waals surface area contributed by atoms with Gasteiger partial charge in [0.15, 0.2) is 0 Å². The van der Waals surface area contributed by atoms with Crippen molar-refractivity contribution in [3.63, 3.8) is 0 Å². The van der Waals surface area contributed by atoms with Gasteiger partial charge in [0.1, 0.15) is 11.4 Å². The Morgan fingerprint density at radius 1 is 1.07 bits per heavy atom. The molecule has 1 aromatic heterocycles. The van der Waals surface area contributed by atoms with E-state index in [0.717, 1.165) is 0 Å². The minimum atomic E-state index is -0.356. The lowest BCUT2D eigenvalue weighted by Gasteiger charge is -2.34. The van der Waals surface area contributed by atoms with Gasteiger partial charge in [-0.25, -0.2) is 5.10 Å². The summed E-state index contributed by atoms with van der Waals surface area (Å²) in [5.41, 5.74) is -0.165. The Balaban J connectivity index is 1.40. The highest BCUT2D eigenvalue weighted by Gasteiger charge is 2.25. The second-order valence-corrected chi connectivity index (χ2v) is 6.77. The third-order valence-corrected chi connectivity index (χ3v) is 4.76. The van der Waals surface area contributed by atoms with Gasteiger partial charge in [0, 0.05) is 38.7 Å². The van der Waals surface area contributed by atoms with E-state index in [9.17, 15) is 14.4 Å². The molecular formula is C19H21ClN4O4. The molecule has 1 fully saturated rings. The molecule has 0 bridgehead atoms. The van der Waals surface area contributed by atoms with E-state index in [1.807, 2.05) is 12.1 Å². The Hall–Kier alpha value is -2.87. The molecule has 1 aromatic carbocycles. The number of amides is 2. The maximum Gasteiger partial charge on any atom is 0.274 e. The van der Waals surface area contributed by atoms with Crippen molar-refractivity contribution >= 4 is 23.4 Å². The molecular weight excluding hydrogens is 384 g/mol. The number of benzene rings is 1. The molecule has 1 aliphatic rings. The van der Waals surface area contributed by atoms with Crippen molar-refractivity contribution in [1.82, 2.24) is 20.0 Å². The van der Waals surface area contributed by atoms with Crippen molar-refractivity contribution in [2.45, 2.75) is 12.8 Å². The Morgan fingerprint density at radius 2 is 1.79 bits per heavy atom. The van der Waals surface area contributed by atoms with E-state index in [1.165, 1.54) is 12.1 Å². The van der Waals surface area contributed by atoms with Crippen molar-refractivity contribution in [1.29, 1.82) is 0 Å². The first-order valence-corrected chi connectivity index (χ1v) is 9.42. The van der Waals surface area contributed by atoms with Crippen LogP contribution in [0.15, 0.2) is 41.2 Å². The van der Waals surface area contributed by atoms with Gasteiger partial charge >= 0.3 is 0 Å². The number of ether oxygens (including phenoxy) is 1. The molecule has 0 saturated carbocycles. The van der Waals surface area contributed by atoms with Crippen LogP contribution in [0.3, 0.4) is 0 Å². The summed E-state index contributed by atoms with van der Waals surface area (Å²) >= 11 is 6.02. The fraction of sp³-hybridized carbons (Fsp3) is 0.368. The number of aromatic amines is 1. The van der Waals surface area contributed by atoms with Crippen LogP contribution in [-0.2, 0) is 4.79 Å². The van der Waals surface area contributed by atoms with Gasteiger partial charge in [-0.1, -0.05) is 23.7 Å². The zero-order valence-electron chi connectivity index (χ0n) is 15.3. The number of H-pyrrole nitrogens is 1. The summed E-state index contributed by atoms with van der Waals surface area (Å²) < 4.78 is 5.59. The number of carbonyl (C=O) groups excluding carboxylic acids is 2. The number of piperazine rings is 1. The fourth-order valence-electron chi connectivity index (χ4n) is 2.91. The van der Waals surface area contributed by atoms with Crippen LogP contribution in [0.5, 0.6) is 5.75 Å². The number of carbonyl (C=O) groups is 2. The number of rotatable bonds is 6. The van der Waals surface area contributed by atoms with Gasteiger partial charge in [-0.15, -0.1) is 0 Å². The minimum absolute atomic E-state index is 0.0389. The van der Waals surface area contributed by atoms with Crippen LogP contribution in [0.25, 0.3) is 0 Å². The van der Waals surface area contributed by atoms with Crippen LogP contribution in [0.4, 0.5) is 0 Å². The summed E-state index contributed by atoms with van der Waals surface area (Å²) in [5, 5.41) is 6.56. The van der Waals surface area contributed by atoms with Crippen LogP contribution in [0, 0.1) is 0 Å². The molecule has 0 unspecified atom stereocenters. The number of hydrogen-bond donors (Lipinski definition) is 1. The van der Waals surface area contributed by atoms with Gasteiger partial charge < -0.3 is 14.5 Å². The standard InChI is InChI=1S/C19H21ClN4O4/c20-14-4-1-2-5-16(14)28-13-3-6-18(26)23-9-11-24(12-10-23)19(27)15-7-8-17(25)22-21-15/h1-2,4-5,7-8H,3,6,9-13H2,(H,22,25). The topological polar surface area (TPSA) is 95.6 Å². The minimum Gasteiger partial charge on any atom is -0.492 e. The highest BCUT2D eigenvalue weighted by atomic mass is 35.5. The molecule has 1 N–H and O–H groups in total. The van der Waals surface area contributed by atoms with Crippen molar-refractivity contribution in [3.05, 3.63) is 57.5 Å². The summed E-state index contributed by atoms with van der Waals surface area (Å²) in [6, 6.07) is 9.89. The van der Waals surface area contributed by atoms with Gasteiger partial charge in [-0.2, -0.15) is 5.10 Å². The third kappa shape index (κ3) is 5.10. The van der Waals surface area contributed by atoms with Crippen molar-refractivity contribution in [3.8, 4) is 5.75 Å². The zero-order valence-corrected chi connectivity index (χ0v) is 16.0. The van der Waals surface area contributed by atoms with Gasteiger partial charge in [0.05, 0.1) is 11.6 Å². The van der Waals surface area contributed by atoms with Gasteiger partial charge in [-0.3, -0.25) is 14.4 Å². The van der Waals surface area contributed by atoms with E-state index in [0.29, 0.717) is 56.4 Å². The molecule has 28 heavy (non-hydrogen) atoms. The SMILES string of the molecule is O=C(CCCOc1ccccc1Cl)N1CCN(C(=O)c2ccc(=O)[nH]n2)CC1. The van der Waals surface area contributed by atoms with E-state index < -0.39 is 0 Å². The van der Waals surface area contributed by atoms with E-state index in [1.54, 1.807) is 21.9 Å². The molecule has 1 aliphatic heterocycles. The monoisotopic (exact) mass is 404 g/mol. The number of para-hydroxylation sites is 1. The third-order valence-electron chi connectivity index (χ3n) is 4.45. The Kier molecular flexibility index (Phi) is 6.65. The molecule has 0 aliphatic carbocycles. The predicted octanol–water partition coefficient (Wildman–Crippen LogP) is 1.57. The molecule has 0 radical (unpaired) electrons. The summed E-state index contributed by atoms with van der Waals surface area (Å²) in [4.78, 5) is 39.1. The zero-order chi connectivity index (χ0) is 19.9. The van der Waals surface area contributed by atoms with Crippen molar-refractivity contribution in [2.75, 3.05) is 32.8 Å². The average Bonchev–Trinajstić information content (AvgIpc) is 2.72. The molecule has 2 heterocycles.